The highest BCUT2D eigenvalue weighted by molar-refractivity contribution is 5.93. The van der Waals surface area contributed by atoms with Gasteiger partial charge in [0.15, 0.2) is 5.82 Å². The molecule has 21 heavy (non-hydrogen) atoms. The number of aromatic carboxylic acids is 1. The second-order valence-electron chi connectivity index (χ2n) is 5.12. The maximum Gasteiger partial charge on any atom is 0.342 e. The Bertz CT molecular complexity index is 590. The highest BCUT2D eigenvalue weighted by Gasteiger charge is 2.30. The SMILES string of the molecule is CC(O)C1CCN(c2cc(C(=O)O)c([N+](=O)[O-])cc2F)C1. The number of benzene rings is 1. The summed E-state index contributed by atoms with van der Waals surface area (Å²) in [6.07, 6.45) is 0.103. The van der Waals surface area contributed by atoms with Crippen LogP contribution < -0.4 is 4.90 Å². The first-order valence-corrected chi connectivity index (χ1v) is 6.45. The molecule has 2 unspecified atom stereocenters. The van der Waals surface area contributed by atoms with E-state index in [1.807, 2.05) is 0 Å². The van der Waals surface area contributed by atoms with E-state index in [4.69, 9.17) is 5.11 Å². The van der Waals surface area contributed by atoms with Crippen molar-refractivity contribution >= 4 is 17.3 Å². The topological polar surface area (TPSA) is 104 Å². The van der Waals surface area contributed by atoms with Crippen LogP contribution >= 0.6 is 0 Å². The molecule has 1 heterocycles. The van der Waals surface area contributed by atoms with Crippen LogP contribution in [-0.2, 0) is 0 Å². The first-order chi connectivity index (χ1) is 9.81. The maximum atomic E-state index is 14.0. The Labute approximate surface area is 119 Å². The van der Waals surface area contributed by atoms with Crippen LogP contribution in [0.1, 0.15) is 23.7 Å². The first-order valence-electron chi connectivity index (χ1n) is 6.45. The van der Waals surface area contributed by atoms with Crippen molar-refractivity contribution in [3.05, 3.63) is 33.6 Å². The molecule has 1 saturated heterocycles. The van der Waals surface area contributed by atoms with Gasteiger partial charge in [-0.25, -0.2) is 9.18 Å². The lowest BCUT2D eigenvalue weighted by molar-refractivity contribution is -0.385. The number of halogens is 1. The van der Waals surface area contributed by atoms with E-state index < -0.39 is 34.1 Å². The number of nitrogens with zero attached hydrogens (tertiary/aromatic N) is 2. The summed E-state index contributed by atoms with van der Waals surface area (Å²) in [5.74, 6) is -2.35. The number of carbonyl (C=O) groups is 1. The Hall–Kier alpha value is -2.22. The fourth-order valence-electron chi connectivity index (χ4n) is 2.52. The third-order valence-corrected chi connectivity index (χ3v) is 3.74. The van der Waals surface area contributed by atoms with Gasteiger partial charge in [0, 0.05) is 19.0 Å². The molecule has 1 aromatic carbocycles. The molecule has 0 bridgehead atoms. The minimum absolute atomic E-state index is 0.0150. The van der Waals surface area contributed by atoms with Crippen molar-refractivity contribution in [1.82, 2.24) is 0 Å². The highest BCUT2D eigenvalue weighted by atomic mass is 19.1. The lowest BCUT2D eigenvalue weighted by Gasteiger charge is -2.20. The molecular formula is C13H15FN2O5. The van der Waals surface area contributed by atoms with Crippen molar-refractivity contribution in [3.63, 3.8) is 0 Å². The van der Waals surface area contributed by atoms with E-state index in [1.165, 1.54) is 0 Å². The minimum atomic E-state index is -1.48. The van der Waals surface area contributed by atoms with Crippen LogP contribution in [-0.4, -0.2) is 40.3 Å². The summed E-state index contributed by atoms with van der Waals surface area (Å²) in [6.45, 7) is 2.48. The number of anilines is 1. The van der Waals surface area contributed by atoms with Crippen LogP contribution in [0.4, 0.5) is 15.8 Å². The number of hydrogen-bond donors (Lipinski definition) is 2. The average Bonchev–Trinajstić information content (AvgIpc) is 2.87. The third-order valence-electron chi connectivity index (χ3n) is 3.74. The Balaban J connectivity index is 2.39. The van der Waals surface area contributed by atoms with Gasteiger partial charge in [0.25, 0.3) is 5.69 Å². The molecule has 8 heteroatoms. The quantitative estimate of drug-likeness (QED) is 0.647. The minimum Gasteiger partial charge on any atom is -0.477 e. The zero-order chi connectivity index (χ0) is 15.7. The molecule has 2 N–H and O–H groups in total. The summed E-state index contributed by atoms with van der Waals surface area (Å²) in [6, 6.07) is 1.62. The van der Waals surface area contributed by atoms with Gasteiger partial charge in [-0.2, -0.15) is 0 Å². The zero-order valence-electron chi connectivity index (χ0n) is 11.3. The van der Waals surface area contributed by atoms with E-state index in [-0.39, 0.29) is 11.6 Å². The number of nitro benzene ring substituents is 1. The van der Waals surface area contributed by atoms with Crippen molar-refractivity contribution in [2.45, 2.75) is 19.4 Å². The first kappa shape index (κ1) is 15.2. The van der Waals surface area contributed by atoms with Crippen LogP contribution in [0.5, 0.6) is 0 Å². The molecule has 1 aliphatic rings. The average molecular weight is 298 g/mol. The van der Waals surface area contributed by atoms with E-state index >= 15 is 0 Å². The lowest BCUT2D eigenvalue weighted by Crippen LogP contribution is -2.25. The predicted molar refractivity (Wildman–Crippen MR) is 72.0 cm³/mol. The van der Waals surface area contributed by atoms with E-state index in [2.05, 4.69) is 0 Å². The van der Waals surface area contributed by atoms with Crippen LogP contribution in [0.15, 0.2) is 12.1 Å². The fourth-order valence-corrected chi connectivity index (χ4v) is 2.52. The Kier molecular flexibility index (Phi) is 4.08. The summed E-state index contributed by atoms with van der Waals surface area (Å²) in [7, 11) is 0. The van der Waals surface area contributed by atoms with Crippen LogP contribution in [0.2, 0.25) is 0 Å². The molecule has 1 aromatic rings. The molecule has 2 atom stereocenters. The lowest BCUT2D eigenvalue weighted by atomic mass is 10.0. The van der Waals surface area contributed by atoms with Crippen molar-refractivity contribution < 1.29 is 24.3 Å². The summed E-state index contributed by atoms with van der Waals surface area (Å²) in [5.41, 5.74) is -1.30. The van der Waals surface area contributed by atoms with Gasteiger partial charge in [0.1, 0.15) is 5.56 Å². The molecular weight excluding hydrogens is 283 g/mol. The summed E-state index contributed by atoms with van der Waals surface area (Å²) in [5, 5.41) is 29.4. The third kappa shape index (κ3) is 2.94. The number of hydrogen-bond acceptors (Lipinski definition) is 5. The Morgan fingerprint density at radius 1 is 1.57 bits per heavy atom. The smallest absolute Gasteiger partial charge is 0.342 e. The normalized spacial score (nSPS) is 19.6. The molecule has 2 rings (SSSR count). The van der Waals surface area contributed by atoms with Gasteiger partial charge in [-0.15, -0.1) is 0 Å². The van der Waals surface area contributed by atoms with Crippen LogP contribution in [0.25, 0.3) is 0 Å². The number of aliphatic hydroxyl groups excluding tert-OH is 1. The zero-order valence-corrected chi connectivity index (χ0v) is 11.3. The number of carboxylic acid groups (broad SMARTS) is 1. The van der Waals surface area contributed by atoms with Gasteiger partial charge < -0.3 is 15.1 Å². The molecule has 0 amide bonds. The van der Waals surface area contributed by atoms with Gasteiger partial charge in [0.05, 0.1) is 22.8 Å². The molecule has 114 valence electrons. The van der Waals surface area contributed by atoms with Gasteiger partial charge >= 0.3 is 5.97 Å². The number of carboxylic acids is 1. The Morgan fingerprint density at radius 3 is 2.71 bits per heavy atom. The number of nitro groups is 1. The summed E-state index contributed by atoms with van der Waals surface area (Å²) >= 11 is 0. The van der Waals surface area contributed by atoms with Crippen molar-refractivity contribution in [2.24, 2.45) is 5.92 Å². The van der Waals surface area contributed by atoms with E-state index in [0.29, 0.717) is 25.6 Å². The van der Waals surface area contributed by atoms with Crippen molar-refractivity contribution in [1.29, 1.82) is 0 Å². The van der Waals surface area contributed by atoms with E-state index in [9.17, 15) is 24.4 Å². The molecule has 0 aromatic heterocycles. The Morgan fingerprint density at radius 2 is 2.24 bits per heavy atom. The summed E-state index contributed by atoms with van der Waals surface area (Å²) < 4.78 is 14.0. The standard InChI is InChI=1S/C13H15FN2O5/c1-7(17)8-2-3-15(6-8)12-4-9(13(18)19)11(16(20)21)5-10(12)14/h4-5,7-8,17H,2-3,6H2,1H3,(H,18,19). The van der Waals surface area contributed by atoms with Gasteiger partial charge in [0.2, 0.25) is 0 Å². The largest absolute Gasteiger partial charge is 0.477 e. The fraction of sp³-hybridized carbons (Fsp3) is 0.462. The highest BCUT2D eigenvalue weighted by Crippen LogP contribution is 2.32. The molecule has 1 aliphatic heterocycles. The molecule has 0 aliphatic carbocycles. The van der Waals surface area contributed by atoms with Crippen molar-refractivity contribution in [3.8, 4) is 0 Å². The van der Waals surface area contributed by atoms with Gasteiger partial charge in [-0.05, 0) is 19.4 Å². The van der Waals surface area contributed by atoms with Crippen LogP contribution in [0.3, 0.4) is 0 Å². The van der Waals surface area contributed by atoms with Crippen molar-refractivity contribution in [2.75, 3.05) is 18.0 Å². The molecule has 1 fully saturated rings. The second-order valence-corrected chi connectivity index (χ2v) is 5.12. The molecule has 0 saturated carbocycles. The number of aliphatic hydroxyl groups is 1. The van der Waals surface area contributed by atoms with E-state index in [0.717, 1.165) is 6.07 Å². The second kappa shape index (κ2) is 5.65. The molecule has 0 spiro atoms. The predicted octanol–water partition coefficient (Wildman–Crippen LogP) is 1.64. The maximum absolute atomic E-state index is 14.0. The summed E-state index contributed by atoms with van der Waals surface area (Å²) in [4.78, 5) is 22.6. The monoisotopic (exact) mass is 298 g/mol. The molecule has 0 radical (unpaired) electrons. The van der Waals surface area contributed by atoms with E-state index in [1.54, 1.807) is 11.8 Å². The molecule has 7 nitrogen and oxygen atoms in total. The number of rotatable bonds is 4. The van der Waals surface area contributed by atoms with Gasteiger partial charge in [-0.1, -0.05) is 0 Å². The van der Waals surface area contributed by atoms with Gasteiger partial charge in [-0.3, -0.25) is 10.1 Å². The van der Waals surface area contributed by atoms with Crippen LogP contribution in [0, 0.1) is 21.8 Å².